The van der Waals surface area contributed by atoms with Crippen molar-refractivity contribution in [3.63, 3.8) is 0 Å². The van der Waals surface area contributed by atoms with E-state index in [-0.39, 0.29) is 11.9 Å². The second kappa shape index (κ2) is 5.86. The number of hydrogen-bond donors (Lipinski definition) is 1. The van der Waals surface area contributed by atoms with Crippen LogP contribution in [0.1, 0.15) is 32.6 Å². The van der Waals surface area contributed by atoms with Crippen molar-refractivity contribution in [2.45, 2.75) is 44.7 Å². The van der Waals surface area contributed by atoms with Gasteiger partial charge in [0.15, 0.2) is 0 Å². The van der Waals surface area contributed by atoms with Crippen molar-refractivity contribution in [1.82, 2.24) is 9.96 Å². The average molecular weight is 244 g/mol. The summed E-state index contributed by atoms with van der Waals surface area (Å²) in [6.07, 6.45) is 2.00. The van der Waals surface area contributed by atoms with Crippen molar-refractivity contribution in [3.8, 4) is 0 Å². The van der Waals surface area contributed by atoms with Crippen molar-refractivity contribution in [1.29, 1.82) is 0 Å². The fraction of sp³-hybridized carbons (Fsp3) is 0.818. The average Bonchev–Trinajstić information content (AvgIpc) is 2.71. The molecule has 0 aromatic rings. The monoisotopic (exact) mass is 244 g/mol. The molecule has 2 atom stereocenters. The van der Waals surface area contributed by atoms with Crippen LogP contribution < -0.4 is 0 Å². The number of amides is 2. The molecule has 0 saturated carbocycles. The van der Waals surface area contributed by atoms with Gasteiger partial charge in [0.2, 0.25) is 0 Å². The van der Waals surface area contributed by atoms with Gasteiger partial charge in [-0.05, 0) is 19.3 Å². The quantitative estimate of drug-likeness (QED) is 0.757. The first-order valence-electron chi connectivity index (χ1n) is 5.85. The lowest BCUT2D eigenvalue weighted by molar-refractivity contribution is -0.173. The van der Waals surface area contributed by atoms with Gasteiger partial charge in [-0.25, -0.2) is 9.86 Å². The first-order valence-corrected chi connectivity index (χ1v) is 5.85. The fourth-order valence-corrected chi connectivity index (χ4v) is 2.33. The fourth-order valence-electron chi connectivity index (χ4n) is 2.33. The van der Waals surface area contributed by atoms with Crippen LogP contribution in [0, 0.1) is 0 Å². The van der Waals surface area contributed by atoms with Crippen LogP contribution in [-0.2, 0) is 9.63 Å². The zero-order valence-corrected chi connectivity index (χ0v) is 10.5. The molecule has 1 aliphatic heterocycles. The number of rotatable bonds is 4. The third-order valence-electron chi connectivity index (χ3n) is 3.21. The minimum absolute atomic E-state index is 0.0447. The lowest BCUT2D eigenvalue weighted by atomic mass is 10.1. The van der Waals surface area contributed by atoms with Gasteiger partial charge in [0.05, 0.1) is 7.11 Å². The van der Waals surface area contributed by atoms with E-state index in [1.165, 1.54) is 19.1 Å². The minimum Gasteiger partial charge on any atom is -0.465 e. The highest BCUT2D eigenvalue weighted by molar-refractivity contribution is 5.85. The van der Waals surface area contributed by atoms with Crippen LogP contribution in [0.3, 0.4) is 0 Å². The summed E-state index contributed by atoms with van der Waals surface area (Å²) in [4.78, 5) is 29.3. The molecule has 2 amide bonds. The van der Waals surface area contributed by atoms with Crippen molar-refractivity contribution in [3.05, 3.63) is 0 Å². The normalized spacial score (nSPS) is 23.8. The summed E-state index contributed by atoms with van der Waals surface area (Å²) in [6, 6.07) is -0.647. The molecule has 1 fully saturated rings. The largest absolute Gasteiger partial charge is 0.465 e. The molecule has 98 valence electrons. The van der Waals surface area contributed by atoms with Crippen LogP contribution in [0.2, 0.25) is 0 Å². The van der Waals surface area contributed by atoms with Crippen molar-refractivity contribution < 1.29 is 19.5 Å². The topological polar surface area (TPSA) is 70.1 Å². The molecule has 0 unspecified atom stereocenters. The number of carbonyl (C=O) groups excluding carboxylic acids is 1. The maximum atomic E-state index is 11.9. The van der Waals surface area contributed by atoms with Gasteiger partial charge in [-0.3, -0.25) is 14.5 Å². The maximum Gasteiger partial charge on any atom is 0.408 e. The van der Waals surface area contributed by atoms with E-state index >= 15 is 0 Å². The number of nitrogens with zero attached hydrogens (tertiary/aromatic N) is 2. The molecule has 1 N–H and O–H groups in total. The predicted octanol–water partition coefficient (Wildman–Crippen LogP) is 1.32. The zero-order valence-electron chi connectivity index (χ0n) is 10.5. The SMILES string of the molecule is CCC[C@H]1CC[C@@H](C(=O)N(C)OC)N1C(=O)O. The summed E-state index contributed by atoms with van der Waals surface area (Å²) >= 11 is 0. The van der Waals surface area contributed by atoms with Crippen molar-refractivity contribution >= 4 is 12.0 Å². The molecule has 17 heavy (non-hydrogen) atoms. The third-order valence-corrected chi connectivity index (χ3v) is 3.21. The molecule has 1 aliphatic rings. The van der Waals surface area contributed by atoms with Crippen molar-refractivity contribution in [2.75, 3.05) is 14.2 Å². The number of hydrogen-bond acceptors (Lipinski definition) is 3. The summed E-state index contributed by atoms with van der Waals surface area (Å²) in [5, 5.41) is 10.3. The maximum absolute atomic E-state index is 11.9. The summed E-state index contributed by atoms with van der Waals surface area (Å²) in [7, 11) is 2.89. The predicted molar refractivity (Wildman–Crippen MR) is 61.4 cm³/mol. The Morgan fingerprint density at radius 2 is 2.12 bits per heavy atom. The molecule has 0 radical (unpaired) electrons. The van der Waals surface area contributed by atoms with E-state index in [1.54, 1.807) is 0 Å². The summed E-state index contributed by atoms with van der Waals surface area (Å²) in [6.45, 7) is 2.01. The Morgan fingerprint density at radius 3 is 2.59 bits per heavy atom. The highest BCUT2D eigenvalue weighted by Crippen LogP contribution is 2.28. The molecule has 0 aromatic heterocycles. The minimum atomic E-state index is -1.02. The molecular formula is C11H20N2O4. The van der Waals surface area contributed by atoms with Gasteiger partial charge in [0.25, 0.3) is 5.91 Å². The van der Waals surface area contributed by atoms with Gasteiger partial charge < -0.3 is 5.11 Å². The van der Waals surface area contributed by atoms with Gasteiger partial charge >= 0.3 is 6.09 Å². The van der Waals surface area contributed by atoms with E-state index in [9.17, 15) is 14.7 Å². The van der Waals surface area contributed by atoms with Crippen LogP contribution in [0.5, 0.6) is 0 Å². The summed E-state index contributed by atoms with van der Waals surface area (Å²) in [5.74, 6) is -0.298. The van der Waals surface area contributed by atoms with E-state index in [1.807, 2.05) is 6.92 Å². The summed E-state index contributed by atoms with van der Waals surface area (Å²) < 4.78 is 0. The Balaban J connectivity index is 2.79. The second-order valence-electron chi connectivity index (χ2n) is 4.24. The molecule has 1 rings (SSSR count). The Kier molecular flexibility index (Phi) is 4.74. The lowest BCUT2D eigenvalue weighted by Gasteiger charge is -2.28. The molecule has 6 heteroatoms. The number of likely N-dealkylation sites (N-methyl/N-ethyl adjacent to an activating group) is 1. The number of hydroxylamine groups is 2. The highest BCUT2D eigenvalue weighted by atomic mass is 16.7. The van der Waals surface area contributed by atoms with Gasteiger partial charge in [-0.15, -0.1) is 0 Å². The molecule has 6 nitrogen and oxygen atoms in total. The van der Waals surface area contributed by atoms with Crippen LogP contribution in [0.4, 0.5) is 4.79 Å². The van der Waals surface area contributed by atoms with Crippen LogP contribution >= 0.6 is 0 Å². The van der Waals surface area contributed by atoms with E-state index in [0.717, 1.165) is 24.3 Å². The first kappa shape index (κ1) is 13.8. The molecule has 0 spiro atoms. The van der Waals surface area contributed by atoms with E-state index in [0.29, 0.717) is 6.42 Å². The smallest absolute Gasteiger partial charge is 0.408 e. The zero-order chi connectivity index (χ0) is 13.0. The van der Waals surface area contributed by atoms with E-state index < -0.39 is 12.1 Å². The number of carboxylic acid groups (broad SMARTS) is 1. The van der Waals surface area contributed by atoms with Gasteiger partial charge in [0, 0.05) is 13.1 Å². The first-order chi connectivity index (χ1) is 8.02. The Bertz CT molecular complexity index is 295. The van der Waals surface area contributed by atoms with Gasteiger partial charge in [-0.1, -0.05) is 13.3 Å². The molecule has 0 aromatic carbocycles. The molecular weight excluding hydrogens is 224 g/mol. The molecule has 1 saturated heterocycles. The Labute approximate surface area is 101 Å². The van der Waals surface area contributed by atoms with Gasteiger partial charge in [-0.2, -0.15) is 0 Å². The van der Waals surface area contributed by atoms with E-state index in [2.05, 4.69) is 0 Å². The molecule has 1 heterocycles. The lowest BCUT2D eigenvalue weighted by Crippen LogP contribution is -2.48. The number of carbonyl (C=O) groups is 2. The Morgan fingerprint density at radius 1 is 1.47 bits per heavy atom. The number of likely N-dealkylation sites (tertiary alicyclic amines) is 1. The highest BCUT2D eigenvalue weighted by Gasteiger charge is 2.41. The van der Waals surface area contributed by atoms with Crippen LogP contribution in [-0.4, -0.2) is 53.3 Å². The van der Waals surface area contributed by atoms with E-state index in [4.69, 9.17) is 4.84 Å². The molecule has 0 bridgehead atoms. The van der Waals surface area contributed by atoms with Crippen LogP contribution in [0.25, 0.3) is 0 Å². The Hall–Kier alpha value is -1.30. The third kappa shape index (κ3) is 2.88. The second-order valence-corrected chi connectivity index (χ2v) is 4.24. The summed E-state index contributed by atoms with van der Waals surface area (Å²) in [5.41, 5.74) is 0. The van der Waals surface area contributed by atoms with Crippen LogP contribution in [0.15, 0.2) is 0 Å². The standard InChI is InChI=1S/C11H20N2O4/c1-4-5-8-6-7-9(13(8)11(15)16)10(14)12(2)17-3/h8-9H,4-7H2,1-3H3,(H,15,16)/t8-,9-/m0/s1. The molecule has 0 aliphatic carbocycles. The van der Waals surface area contributed by atoms with Gasteiger partial charge in [0.1, 0.15) is 6.04 Å². The van der Waals surface area contributed by atoms with Crippen molar-refractivity contribution in [2.24, 2.45) is 0 Å².